The van der Waals surface area contributed by atoms with Crippen LogP contribution in [0.4, 0.5) is 5.69 Å². The normalized spacial score (nSPS) is 11.6. The van der Waals surface area contributed by atoms with Crippen molar-refractivity contribution < 1.29 is 0 Å². The molecule has 90 valence electrons. The molecule has 1 rings (SSSR count). The zero-order valence-electron chi connectivity index (χ0n) is 10.3. The predicted molar refractivity (Wildman–Crippen MR) is 73.8 cm³/mol. The van der Waals surface area contributed by atoms with E-state index in [2.05, 4.69) is 38.8 Å². The molecule has 0 aliphatic carbocycles. The molecule has 0 saturated heterocycles. The van der Waals surface area contributed by atoms with Gasteiger partial charge in [0, 0.05) is 29.2 Å². The molecular formula is C13H19Cl2N. The molecule has 0 fully saturated rings. The third-order valence-corrected chi connectivity index (χ3v) is 3.98. The lowest BCUT2D eigenvalue weighted by Gasteiger charge is -2.37. The van der Waals surface area contributed by atoms with Gasteiger partial charge in [-0.1, -0.05) is 24.6 Å². The zero-order chi connectivity index (χ0) is 12.3. The summed E-state index contributed by atoms with van der Waals surface area (Å²) in [5.74, 6) is 0.458. The van der Waals surface area contributed by atoms with Crippen molar-refractivity contribution in [2.24, 2.45) is 0 Å². The Morgan fingerprint density at radius 1 is 1.31 bits per heavy atom. The van der Waals surface area contributed by atoms with Crippen LogP contribution in [0.15, 0.2) is 18.2 Å². The largest absolute Gasteiger partial charge is 0.369 e. The maximum Gasteiger partial charge on any atom is 0.0488 e. The van der Waals surface area contributed by atoms with Gasteiger partial charge in [-0.3, -0.25) is 0 Å². The van der Waals surface area contributed by atoms with Crippen molar-refractivity contribution in [2.75, 3.05) is 11.9 Å². The smallest absolute Gasteiger partial charge is 0.0488 e. The van der Waals surface area contributed by atoms with Crippen molar-refractivity contribution >= 4 is 28.9 Å². The maximum atomic E-state index is 6.16. The fraction of sp³-hybridized carbons (Fsp3) is 0.538. The quantitative estimate of drug-likeness (QED) is 0.709. The molecule has 0 radical (unpaired) electrons. The first-order chi connectivity index (χ1) is 7.42. The highest BCUT2D eigenvalue weighted by Crippen LogP contribution is 2.29. The number of anilines is 1. The number of rotatable bonds is 4. The molecule has 0 saturated carbocycles. The van der Waals surface area contributed by atoms with E-state index in [1.807, 2.05) is 12.1 Å². The molecule has 0 N–H and O–H groups in total. The minimum Gasteiger partial charge on any atom is -0.369 e. The highest BCUT2D eigenvalue weighted by molar-refractivity contribution is 6.32. The maximum absolute atomic E-state index is 6.16. The average molecular weight is 260 g/mol. The molecule has 0 atom stereocenters. The van der Waals surface area contributed by atoms with E-state index in [0.717, 1.165) is 22.7 Å². The van der Waals surface area contributed by atoms with Crippen molar-refractivity contribution in [1.82, 2.24) is 0 Å². The SMILES string of the molecule is CCC(C)(C)N(C)c1ccc(CCl)c(Cl)c1. The van der Waals surface area contributed by atoms with E-state index in [-0.39, 0.29) is 5.54 Å². The zero-order valence-corrected chi connectivity index (χ0v) is 11.9. The number of benzene rings is 1. The van der Waals surface area contributed by atoms with E-state index in [1.165, 1.54) is 0 Å². The van der Waals surface area contributed by atoms with Gasteiger partial charge in [0.2, 0.25) is 0 Å². The van der Waals surface area contributed by atoms with Gasteiger partial charge in [-0.15, -0.1) is 11.6 Å². The molecule has 0 unspecified atom stereocenters. The average Bonchev–Trinajstić information content (AvgIpc) is 2.27. The van der Waals surface area contributed by atoms with Gasteiger partial charge in [-0.05, 0) is 38.0 Å². The second kappa shape index (κ2) is 5.29. The second-order valence-corrected chi connectivity index (χ2v) is 5.31. The van der Waals surface area contributed by atoms with Gasteiger partial charge in [-0.25, -0.2) is 0 Å². The Bertz CT molecular complexity index is 361. The molecule has 3 heteroatoms. The lowest BCUT2D eigenvalue weighted by Crippen LogP contribution is -2.40. The van der Waals surface area contributed by atoms with Crippen molar-refractivity contribution in [3.05, 3.63) is 28.8 Å². The van der Waals surface area contributed by atoms with Gasteiger partial charge < -0.3 is 4.90 Å². The highest BCUT2D eigenvalue weighted by Gasteiger charge is 2.21. The van der Waals surface area contributed by atoms with E-state index < -0.39 is 0 Å². The minimum absolute atomic E-state index is 0.131. The summed E-state index contributed by atoms with van der Waals surface area (Å²) in [6, 6.07) is 6.05. The second-order valence-electron chi connectivity index (χ2n) is 4.63. The van der Waals surface area contributed by atoms with Crippen LogP contribution in [0.3, 0.4) is 0 Å². The molecule has 0 aliphatic heterocycles. The van der Waals surface area contributed by atoms with Crippen molar-refractivity contribution in [3.63, 3.8) is 0 Å². The first-order valence-corrected chi connectivity index (χ1v) is 6.42. The van der Waals surface area contributed by atoms with Gasteiger partial charge >= 0.3 is 0 Å². The molecule has 0 heterocycles. The number of hydrogen-bond donors (Lipinski definition) is 0. The van der Waals surface area contributed by atoms with E-state index in [9.17, 15) is 0 Å². The van der Waals surface area contributed by atoms with Crippen molar-refractivity contribution in [2.45, 2.75) is 38.6 Å². The monoisotopic (exact) mass is 259 g/mol. The van der Waals surface area contributed by atoms with Gasteiger partial charge in [0.05, 0.1) is 0 Å². The molecular weight excluding hydrogens is 241 g/mol. The third kappa shape index (κ3) is 2.83. The van der Waals surface area contributed by atoms with Gasteiger partial charge in [0.25, 0.3) is 0 Å². The van der Waals surface area contributed by atoms with Crippen LogP contribution in [0.25, 0.3) is 0 Å². The van der Waals surface area contributed by atoms with E-state index in [4.69, 9.17) is 23.2 Å². The first kappa shape index (κ1) is 13.7. The van der Waals surface area contributed by atoms with E-state index >= 15 is 0 Å². The van der Waals surface area contributed by atoms with Crippen LogP contribution in [0.1, 0.15) is 32.8 Å². The predicted octanol–water partition coefficient (Wildman–Crippen LogP) is 4.70. The third-order valence-electron chi connectivity index (χ3n) is 3.34. The van der Waals surface area contributed by atoms with E-state index in [1.54, 1.807) is 0 Å². The van der Waals surface area contributed by atoms with Crippen LogP contribution in [-0.4, -0.2) is 12.6 Å². The number of alkyl halides is 1. The Hall–Kier alpha value is -0.400. The summed E-state index contributed by atoms with van der Waals surface area (Å²) < 4.78 is 0. The van der Waals surface area contributed by atoms with Crippen LogP contribution in [-0.2, 0) is 5.88 Å². The standard InChI is InChI=1S/C13H19Cl2N/c1-5-13(2,3)16(4)11-7-6-10(9-14)12(15)8-11/h6-8H,5,9H2,1-4H3. The summed E-state index contributed by atoms with van der Waals surface area (Å²) in [5, 5.41) is 0.742. The number of halogens is 2. The Morgan fingerprint density at radius 3 is 2.38 bits per heavy atom. The van der Waals surface area contributed by atoms with Crippen LogP contribution >= 0.6 is 23.2 Å². The molecule has 0 aliphatic rings. The molecule has 0 spiro atoms. The highest BCUT2D eigenvalue weighted by atomic mass is 35.5. The molecule has 0 aromatic heterocycles. The first-order valence-electron chi connectivity index (χ1n) is 5.50. The molecule has 16 heavy (non-hydrogen) atoms. The lowest BCUT2D eigenvalue weighted by atomic mass is 9.99. The summed E-state index contributed by atoms with van der Waals surface area (Å²) in [6.07, 6.45) is 1.08. The van der Waals surface area contributed by atoms with Gasteiger partial charge in [0.1, 0.15) is 0 Å². The molecule has 1 aromatic carbocycles. The number of nitrogens with zero attached hydrogens (tertiary/aromatic N) is 1. The van der Waals surface area contributed by atoms with Crippen molar-refractivity contribution in [1.29, 1.82) is 0 Å². The van der Waals surface area contributed by atoms with Crippen LogP contribution < -0.4 is 4.90 Å². The fourth-order valence-electron chi connectivity index (χ4n) is 1.44. The fourth-order valence-corrected chi connectivity index (χ4v) is 1.98. The van der Waals surface area contributed by atoms with Gasteiger partial charge in [-0.2, -0.15) is 0 Å². The van der Waals surface area contributed by atoms with E-state index in [0.29, 0.717) is 5.88 Å². The summed E-state index contributed by atoms with van der Waals surface area (Å²) in [7, 11) is 2.09. The Morgan fingerprint density at radius 2 is 1.94 bits per heavy atom. The van der Waals surface area contributed by atoms with Crippen molar-refractivity contribution in [3.8, 4) is 0 Å². The molecule has 0 bridgehead atoms. The Balaban J connectivity index is 3.02. The lowest BCUT2D eigenvalue weighted by molar-refractivity contribution is 0.471. The summed E-state index contributed by atoms with van der Waals surface area (Å²) in [5.41, 5.74) is 2.24. The van der Waals surface area contributed by atoms with Crippen LogP contribution in [0.2, 0.25) is 5.02 Å². The summed E-state index contributed by atoms with van der Waals surface area (Å²) in [6.45, 7) is 6.62. The van der Waals surface area contributed by atoms with Crippen LogP contribution in [0.5, 0.6) is 0 Å². The Labute approximate surface area is 108 Å². The van der Waals surface area contributed by atoms with Crippen LogP contribution in [0, 0.1) is 0 Å². The minimum atomic E-state index is 0.131. The van der Waals surface area contributed by atoms with Gasteiger partial charge in [0.15, 0.2) is 0 Å². The summed E-state index contributed by atoms with van der Waals surface area (Å²) >= 11 is 11.9. The molecule has 1 aromatic rings. The molecule has 0 amide bonds. The topological polar surface area (TPSA) is 3.24 Å². The Kier molecular flexibility index (Phi) is 4.52. The number of hydrogen-bond acceptors (Lipinski definition) is 1. The summed E-state index contributed by atoms with van der Waals surface area (Å²) in [4.78, 5) is 2.25. The molecule has 1 nitrogen and oxygen atoms in total.